The molecule has 26 heavy (non-hydrogen) atoms. The van der Waals surface area contributed by atoms with Crippen LogP contribution in [0, 0.1) is 0 Å². The lowest BCUT2D eigenvalue weighted by atomic mass is 10.1. The minimum Gasteiger partial charge on any atom is -0.233 e. The van der Waals surface area contributed by atoms with Crippen molar-refractivity contribution in [2.75, 3.05) is 0 Å². The Bertz CT molecular complexity index is 1040. The fraction of sp³-hybridized carbons (Fsp3) is 0.0625. The highest BCUT2D eigenvalue weighted by Gasteiger charge is 2.35. The van der Waals surface area contributed by atoms with Crippen LogP contribution in [0.4, 0.5) is 13.2 Å². The summed E-state index contributed by atoms with van der Waals surface area (Å²) in [6.07, 6.45) is -4.63. The Morgan fingerprint density at radius 2 is 1.58 bits per heavy atom. The molecule has 0 aliphatic rings. The first kappa shape index (κ1) is 18.4. The van der Waals surface area contributed by atoms with Crippen molar-refractivity contribution in [3.8, 4) is 16.9 Å². The Kier molecular flexibility index (Phi) is 4.55. The second-order valence-corrected chi connectivity index (χ2v) is 7.37. The van der Waals surface area contributed by atoms with Crippen LogP contribution in [0.25, 0.3) is 16.9 Å². The second-order valence-electron chi connectivity index (χ2n) is 5.37. The highest BCUT2D eigenvalue weighted by atomic mass is 35.5. The molecule has 0 atom stereocenters. The van der Waals surface area contributed by atoms with Gasteiger partial charge in [-0.1, -0.05) is 23.7 Å². The van der Waals surface area contributed by atoms with Crippen molar-refractivity contribution in [1.29, 1.82) is 0 Å². The monoisotopic (exact) mass is 401 g/mol. The van der Waals surface area contributed by atoms with Crippen LogP contribution in [-0.2, 0) is 16.2 Å². The van der Waals surface area contributed by atoms with Gasteiger partial charge in [-0.05, 0) is 42.5 Å². The first-order valence-electron chi connectivity index (χ1n) is 7.12. The summed E-state index contributed by atoms with van der Waals surface area (Å²) in [6.45, 7) is 0. The molecule has 0 amide bonds. The van der Waals surface area contributed by atoms with Crippen LogP contribution in [0.15, 0.2) is 59.5 Å². The third kappa shape index (κ3) is 3.74. The minimum absolute atomic E-state index is 0.155. The number of hydrogen-bond acceptors (Lipinski definition) is 3. The molecule has 1 aromatic heterocycles. The van der Waals surface area contributed by atoms with Crippen LogP contribution >= 0.6 is 11.6 Å². The van der Waals surface area contributed by atoms with Crippen molar-refractivity contribution in [3.63, 3.8) is 0 Å². The largest absolute Gasteiger partial charge is 0.435 e. The Morgan fingerprint density at radius 1 is 1.00 bits per heavy atom. The Balaban J connectivity index is 2.16. The van der Waals surface area contributed by atoms with Gasteiger partial charge < -0.3 is 0 Å². The quantitative estimate of drug-likeness (QED) is 0.723. The summed E-state index contributed by atoms with van der Waals surface area (Å²) in [6, 6.07) is 12.2. The highest BCUT2D eigenvalue weighted by molar-refractivity contribution is 7.89. The van der Waals surface area contributed by atoms with Gasteiger partial charge in [0.1, 0.15) is 0 Å². The van der Waals surface area contributed by atoms with Gasteiger partial charge in [-0.25, -0.2) is 18.2 Å². The van der Waals surface area contributed by atoms with Gasteiger partial charge in [0.05, 0.1) is 16.3 Å². The molecule has 0 saturated heterocycles. The average Bonchev–Trinajstić information content (AvgIpc) is 3.00. The zero-order valence-electron chi connectivity index (χ0n) is 12.9. The summed E-state index contributed by atoms with van der Waals surface area (Å²) in [5.74, 6) is 0. The molecular formula is C16H11ClF3N3O2S. The molecule has 136 valence electrons. The summed E-state index contributed by atoms with van der Waals surface area (Å²) in [5.41, 5.74) is -0.180. The van der Waals surface area contributed by atoms with E-state index in [1.165, 1.54) is 24.3 Å². The lowest BCUT2D eigenvalue weighted by molar-refractivity contribution is -0.141. The standard InChI is InChI=1S/C16H11ClF3N3O2S/c17-11-3-1-10(2-4-11)14-9-15(16(18,19)20)22-23(14)12-5-7-13(8-6-12)26(21,24)25/h1-9H,(H2,21,24,25). The van der Waals surface area contributed by atoms with E-state index in [4.69, 9.17) is 16.7 Å². The summed E-state index contributed by atoms with van der Waals surface area (Å²) in [7, 11) is -3.91. The Morgan fingerprint density at radius 3 is 2.08 bits per heavy atom. The molecule has 10 heteroatoms. The summed E-state index contributed by atoms with van der Waals surface area (Å²) in [5, 5.41) is 9.09. The van der Waals surface area contributed by atoms with E-state index in [1.54, 1.807) is 24.3 Å². The predicted octanol–water partition coefficient (Wildman–Crippen LogP) is 3.86. The van der Waals surface area contributed by atoms with E-state index >= 15 is 0 Å². The zero-order valence-corrected chi connectivity index (χ0v) is 14.5. The Hall–Kier alpha value is -2.36. The van der Waals surface area contributed by atoms with Gasteiger partial charge in [0.15, 0.2) is 5.69 Å². The average molecular weight is 402 g/mol. The number of aromatic nitrogens is 2. The summed E-state index contributed by atoms with van der Waals surface area (Å²) < 4.78 is 63.1. The van der Waals surface area contributed by atoms with E-state index in [9.17, 15) is 21.6 Å². The molecule has 0 spiro atoms. The summed E-state index contributed by atoms with van der Waals surface area (Å²) in [4.78, 5) is -0.155. The van der Waals surface area contributed by atoms with E-state index in [0.29, 0.717) is 10.6 Å². The van der Waals surface area contributed by atoms with Crippen molar-refractivity contribution in [2.45, 2.75) is 11.1 Å². The van der Waals surface area contributed by atoms with Gasteiger partial charge >= 0.3 is 6.18 Å². The van der Waals surface area contributed by atoms with Gasteiger partial charge in [0.25, 0.3) is 0 Å². The molecule has 0 radical (unpaired) electrons. The number of hydrogen-bond donors (Lipinski definition) is 1. The highest BCUT2D eigenvalue weighted by Crippen LogP contribution is 2.33. The normalized spacial score (nSPS) is 12.3. The second kappa shape index (κ2) is 6.42. The maximum Gasteiger partial charge on any atom is 0.435 e. The van der Waals surface area contributed by atoms with Crippen LogP contribution in [0.2, 0.25) is 5.02 Å². The fourth-order valence-corrected chi connectivity index (χ4v) is 2.96. The lowest BCUT2D eigenvalue weighted by Crippen LogP contribution is -2.12. The molecule has 3 rings (SSSR count). The third-order valence-electron chi connectivity index (χ3n) is 3.55. The lowest BCUT2D eigenvalue weighted by Gasteiger charge is -2.08. The van der Waals surface area contributed by atoms with Gasteiger partial charge in [0, 0.05) is 10.6 Å². The van der Waals surface area contributed by atoms with E-state index < -0.39 is 21.9 Å². The molecule has 5 nitrogen and oxygen atoms in total. The minimum atomic E-state index is -4.63. The number of primary sulfonamides is 1. The van der Waals surface area contributed by atoms with Gasteiger partial charge in [-0.2, -0.15) is 18.3 Å². The van der Waals surface area contributed by atoms with Gasteiger partial charge in [0.2, 0.25) is 10.0 Å². The maximum atomic E-state index is 13.1. The van der Waals surface area contributed by atoms with Crippen LogP contribution in [0.5, 0.6) is 0 Å². The van der Waals surface area contributed by atoms with Crippen molar-refractivity contribution >= 4 is 21.6 Å². The number of nitrogens with two attached hydrogens (primary N) is 1. The predicted molar refractivity (Wildman–Crippen MR) is 90.4 cm³/mol. The molecule has 3 aromatic rings. The first-order chi connectivity index (χ1) is 12.1. The smallest absolute Gasteiger partial charge is 0.233 e. The summed E-state index contributed by atoms with van der Waals surface area (Å²) >= 11 is 5.82. The topological polar surface area (TPSA) is 78.0 Å². The molecule has 0 aliphatic heterocycles. The molecular weight excluding hydrogens is 391 g/mol. The van der Waals surface area contributed by atoms with E-state index in [0.717, 1.165) is 10.7 Å². The number of sulfonamides is 1. The molecule has 0 aliphatic carbocycles. The number of benzene rings is 2. The zero-order chi connectivity index (χ0) is 19.1. The van der Waals surface area contributed by atoms with E-state index in [2.05, 4.69) is 5.10 Å². The first-order valence-corrected chi connectivity index (χ1v) is 9.04. The van der Waals surface area contributed by atoms with Crippen molar-refractivity contribution in [2.24, 2.45) is 5.14 Å². The van der Waals surface area contributed by atoms with Gasteiger partial charge in [-0.3, -0.25) is 0 Å². The fourth-order valence-electron chi connectivity index (χ4n) is 2.32. The van der Waals surface area contributed by atoms with Crippen molar-refractivity contribution in [3.05, 3.63) is 65.3 Å². The van der Waals surface area contributed by atoms with Crippen LogP contribution in [0.1, 0.15) is 5.69 Å². The molecule has 0 fully saturated rings. The van der Waals surface area contributed by atoms with E-state index in [-0.39, 0.29) is 16.3 Å². The molecule has 0 saturated carbocycles. The molecule has 2 N–H and O–H groups in total. The molecule has 0 unspecified atom stereocenters. The third-order valence-corrected chi connectivity index (χ3v) is 4.73. The van der Waals surface area contributed by atoms with Crippen LogP contribution in [-0.4, -0.2) is 18.2 Å². The van der Waals surface area contributed by atoms with Crippen LogP contribution in [0.3, 0.4) is 0 Å². The van der Waals surface area contributed by atoms with E-state index in [1.807, 2.05) is 0 Å². The molecule has 0 bridgehead atoms. The number of halogens is 4. The van der Waals surface area contributed by atoms with Crippen LogP contribution < -0.4 is 5.14 Å². The number of rotatable bonds is 3. The number of nitrogens with zero attached hydrogens (tertiary/aromatic N) is 2. The molecule has 1 heterocycles. The Labute approximate surface area is 151 Å². The van der Waals surface area contributed by atoms with Gasteiger partial charge in [-0.15, -0.1) is 0 Å². The molecule has 2 aromatic carbocycles. The van der Waals surface area contributed by atoms with Crippen molar-refractivity contribution in [1.82, 2.24) is 9.78 Å². The SMILES string of the molecule is NS(=O)(=O)c1ccc(-n2nc(C(F)(F)F)cc2-c2ccc(Cl)cc2)cc1. The maximum absolute atomic E-state index is 13.1. The van der Waals surface area contributed by atoms with Crippen molar-refractivity contribution < 1.29 is 21.6 Å². The number of alkyl halides is 3.